The second-order valence-electron chi connectivity index (χ2n) is 5.85. The van der Waals surface area contributed by atoms with Gasteiger partial charge in [0.05, 0.1) is 5.60 Å². The number of hydrogen-bond donors (Lipinski definition) is 1. The van der Waals surface area contributed by atoms with Gasteiger partial charge in [0.15, 0.2) is 0 Å². The zero-order valence-corrected chi connectivity index (χ0v) is 10.8. The predicted octanol–water partition coefficient (Wildman–Crippen LogP) is 3.61. The fourth-order valence-corrected chi connectivity index (χ4v) is 2.58. The van der Waals surface area contributed by atoms with Crippen LogP contribution in [0.2, 0.25) is 0 Å². The predicted molar refractivity (Wildman–Crippen MR) is 74.8 cm³/mol. The van der Waals surface area contributed by atoms with Crippen molar-refractivity contribution in [2.75, 3.05) is 0 Å². The number of hydrogen-bond acceptors (Lipinski definition) is 2. The van der Waals surface area contributed by atoms with Gasteiger partial charge in [-0.25, -0.2) is 0 Å². The Hall–Kier alpha value is -1.67. The molecule has 0 radical (unpaired) electrons. The molecular formula is C17H17NO. The molecule has 2 aliphatic rings. The van der Waals surface area contributed by atoms with E-state index in [1.54, 1.807) is 0 Å². The lowest BCUT2D eigenvalue weighted by Gasteiger charge is -2.09. The molecule has 0 saturated heterocycles. The molecule has 2 fully saturated rings. The Morgan fingerprint density at radius 2 is 1.63 bits per heavy atom. The van der Waals surface area contributed by atoms with Gasteiger partial charge < -0.3 is 5.11 Å². The van der Waals surface area contributed by atoms with E-state index in [4.69, 9.17) is 0 Å². The molecule has 2 aromatic rings. The van der Waals surface area contributed by atoms with Crippen LogP contribution in [0, 0.1) is 0 Å². The van der Waals surface area contributed by atoms with Gasteiger partial charge in [0, 0.05) is 23.4 Å². The van der Waals surface area contributed by atoms with Gasteiger partial charge in [-0.1, -0.05) is 30.3 Å². The Balaban J connectivity index is 1.60. The lowest BCUT2D eigenvalue weighted by atomic mass is 10.0. The summed E-state index contributed by atoms with van der Waals surface area (Å²) in [4.78, 5) is 4.55. The second kappa shape index (κ2) is 3.91. The van der Waals surface area contributed by atoms with Crippen LogP contribution in [-0.2, 0) is 5.60 Å². The van der Waals surface area contributed by atoms with Crippen LogP contribution < -0.4 is 0 Å². The molecule has 0 bridgehead atoms. The molecule has 0 atom stereocenters. The fraction of sp³-hybridized carbons (Fsp3) is 0.353. The van der Waals surface area contributed by atoms with Gasteiger partial charge in [-0.2, -0.15) is 0 Å². The molecule has 96 valence electrons. The van der Waals surface area contributed by atoms with Gasteiger partial charge in [-0.15, -0.1) is 0 Å². The van der Waals surface area contributed by atoms with Crippen molar-refractivity contribution in [1.29, 1.82) is 0 Å². The lowest BCUT2D eigenvalue weighted by molar-refractivity contribution is 0.151. The van der Waals surface area contributed by atoms with Gasteiger partial charge in [-0.3, -0.25) is 4.98 Å². The minimum atomic E-state index is -0.535. The summed E-state index contributed by atoms with van der Waals surface area (Å²) in [6, 6.07) is 12.5. The van der Waals surface area contributed by atoms with Crippen molar-refractivity contribution in [2.45, 2.75) is 37.2 Å². The molecular weight excluding hydrogens is 234 g/mol. The maximum Gasteiger partial charge on any atom is 0.0899 e. The first-order chi connectivity index (χ1) is 9.24. The summed E-state index contributed by atoms with van der Waals surface area (Å²) in [7, 11) is 0. The summed E-state index contributed by atoms with van der Waals surface area (Å²) >= 11 is 0. The Morgan fingerprint density at radius 1 is 0.947 bits per heavy atom. The highest BCUT2D eigenvalue weighted by atomic mass is 16.3. The summed E-state index contributed by atoms with van der Waals surface area (Å²) in [5.74, 6) is 0.709. The van der Waals surface area contributed by atoms with Crippen LogP contribution in [0.4, 0.5) is 0 Å². The van der Waals surface area contributed by atoms with Gasteiger partial charge >= 0.3 is 0 Å². The van der Waals surface area contributed by atoms with E-state index in [2.05, 4.69) is 29.2 Å². The zero-order valence-electron chi connectivity index (χ0n) is 10.8. The van der Waals surface area contributed by atoms with Crippen LogP contribution >= 0.6 is 0 Å². The first-order valence-corrected chi connectivity index (χ1v) is 7.04. The Kier molecular flexibility index (Phi) is 2.30. The van der Waals surface area contributed by atoms with E-state index < -0.39 is 5.60 Å². The Bertz CT molecular complexity index is 592. The average Bonchev–Trinajstić information content (AvgIpc) is 3.35. The Morgan fingerprint density at radius 3 is 2.16 bits per heavy atom. The van der Waals surface area contributed by atoms with E-state index in [1.165, 1.54) is 24.1 Å². The molecule has 1 heterocycles. The summed E-state index contributed by atoms with van der Waals surface area (Å²) < 4.78 is 0. The minimum absolute atomic E-state index is 0.535. The molecule has 0 aliphatic heterocycles. The molecule has 1 aromatic heterocycles. The van der Waals surface area contributed by atoms with Gasteiger partial charge in [0.1, 0.15) is 0 Å². The van der Waals surface area contributed by atoms with E-state index >= 15 is 0 Å². The van der Waals surface area contributed by atoms with Gasteiger partial charge in [-0.05, 0) is 42.9 Å². The van der Waals surface area contributed by atoms with E-state index in [0.717, 1.165) is 24.0 Å². The highest BCUT2D eigenvalue weighted by Crippen LogP contribution is 2.45. The first kappa shape index (κ1) is 11.2. The number of pyridine rings is 1. The van der Waals surface area contributed by atoms with Crippen molar-refractivity contribution in [3.05, 3.63) is 53.9 Å². The van der Waals surface area contributed by atoms with E-state index in [-0.39, 0.29) is 0 Å². The van der Waals surface area contributed by atoms with Crippen molar-refractivity contribution in [3.63, 3.8) is 0 Å². The minimum Gasteiger partial charge on any atom is -0.385 e. The molecule has 1 N–H and O–H groups in total. The average molecular weight is 251 g/mol. The van der Waals surface area contributed by atoms with E-state index in [1.807, 2.05) is 18.3 Å². The molecule has 1 aromatic carbocycles. The molecule has 2 aliphatic carbocycles. The quantitative estimate of drug-likeness (QED) is 0.904. The zero-order chi connectivity index (χ0) is 12.9. The summed E-state index contributed by atoms with van der Waals surface area (Å²) in [5, 5.41) is 10.1. The standard InChI is InChI=1S/C17H17NO/c19-17(9-10-17)15-6-3-12(4-7-15)14-5-8-16(18-11-14)13-1-2-13/h3-8,11,13,19H,1-2,9-10H2. The largest absolute Gasteiger partial charge is 0.385 e. The molecule has 0 amide bonds. The van der Waals surface area contributed by atoms with Crippen molar-refractivity contribution in [1.82, 2.24) is 4.98 Å². The fourth-order valence-electron chi connectivity index (χ4n) is 2.58. The van der Waals surface area contributed by atoms with Gasteiger partial charge in [0.25, 0.3) is 0 Å². The number of aromatic nitrogens is 1. The van der Waals surface area contributed by atoms with Crippen molar-refractivity contribution in [2.24, 2.45) is 0 Å². The van der Waals surface area contributed by atoms with Crippen LogP contribution in [0.25, 0.3) is 11.1 Å². The van der Waals surface area contributed by atoms with Crippen LogP contribution in [-0.4, -0.2) is 10.1 Å². The maximum absolute atomic E-state index is 10.1. The second-order valence-corrected chi connectivity index (χ2v) is 5.85. The molecule has 2 nitrogen and oxygen atoms in total. The first-order valence-electron chi connectivity index (χ1n) is 7.04. The molecule has 0 unspecified atom stereocenters. The number of rotatable bonds is 3. The van der Waals surface area contributed by atoms with Gasteiger partial charge in [0.2, 0.25) is 0 Å². The normalized spacial score (nSPS) is 20.3. The SMILES string of the molecule is OC1(c2ccc(-c3ccc(C4CC4)nc3)cc2)CC1. The third kappa shape index (κ3) is 2.06. The number of nitrogens with zero attached hydrogens (tertiary/aromatic N) is 1. The molecule has 4 rings (SSSR count). The summed E-state index contributed by atoms with van der Waals surface area (Å²) in [5.41, 5.74) is 4.06. The van der Waals surface area contributed by atoms with Crippen LogP contribution in [0.15, 0.2) is 42.6 Å². The third-order valence-electron chi connectivity index (χ3n) is 4.26. The van der Waals surface area contributed by atoms with Crippen LogP contribution in [0.3, 0.4) is 0 Å². The highest BCUT2D eigenvalue weighted by molar-refractivity contribution is 5.63. The lowest BCUT2D eigenvalue weighted by Crippen LogP contribution is -2.03. The van der Waals surface area contributed by atoms with Crippen molar-refractivity contribution in [3.8, 4) is 11.1 Å². The topological polar surface area (TPSA) is 33.1 Å². The van der Waals surface area contributed by atoms with E-state index in [9.17, 15) is 5.11 Å². The van der Waals surface area contributed by atoms with Crippen molar-refractivity contribution < 1.29 is 5.11 Å². The van der Waals surface area contributed by atoms with Crippen LogP contribution in [0.5, 0.6) is 0 Å². The molecule has 2 saturated carbocycles. The smallest absolute Gasteiger partial charge is 0.0899 e. The van der Waals surface area contributed by atoms with E-state index in [0.29, 0.717) is 5.92 Å². The van der Waals surface area contributed by atoms with Crippen molar-refractivity contribution >= 4 is 0 Å². The van der Waals surface area contributed by atoms with Crippen LogP contribution in [0.1, 0.15) is 42.9 Å². The molecule has 19 heavy (non-hydrogen) atoms. The summed E-state index contributed by atoms with van der Waals surface area (Å²) in [6.45, 7) is 0. The number of benzene rings is 1. The third-order valence-corrected chi connectivity index (χ3v) is 4.26. The molecule has 2 heteroatoms. The summed E-state index contributed by atoms with van der Waals surface area (Å²) in [6.07, 6.45) is 6.34. The maximum atomic E-state index is 10.1. The Labute approximate surface area is 113 Å². The monoisotopic (exact) mass is 251 g/mol. The highest BCUT2D eigenvalue weighted by Gasteiger charge is 2.41. The molecule has 0 spiro atoms. The number of aliphatic hydroxyl groups is 1.